The van der Waals surface area contributed by atoms with Crippen molar-refractivity contribution in [1.82, 2.24) is 25.0 Å². The lowest BCUT2D eigenvalue weighted by molar-refractivity contribution is 0.388. The summed E-state index contributed by atoms with van der Waals surface area (Å²) in [5.74, 6) is 4.28. The number of aryl methyl sites for hydroxylation is 1. The number of nitrogens with zero attached hydrogens (tertiary/aromatic N) is 5. The van der Waals surface area contributed by atoms with Crippen LogP contribution in [0.25, 0.3) is 0 Å². The van der Waals surface area contributed by atoms with Crippen molar-refractivity contribution in [2.45, 2.75) is 64.0 Å². The van der Waals surface area contributed by atoms with Crippen LogP contribution in [0.4, 0.5) is 0 Å². The summed E-state index contributed by atoms with van der Waals surface area (Å²) in [5, 5.41) is 12.2. The largest absolute Gasteiger partial charge is 0.497 e. The SMILES string of the molecule is COc1ccc(C2CCN(C(=NCc3nnc(C)n3C)NC3CCCCC3)C2)cc1. The lowest BCUT2D eigenvalue weighted by Gasteiger charge is -2.29. The van der Waals surface area contributed by atoms with Gasteiger partial charge in [-0.25, -0.2) is 4.99 Å². The number of nitrogens with one attached hydrogen (secondary N) is 1. The molecule has 0 radical (unpaired) electrons. The molecule has 2 heterocycles. The molecule has 0 spiro atoms. The Kier molecular flexibility index (Phi) is 6.55. The maximum atomic E-state index is 5.31. The van der Waals surface area contributed by atoms with Crippen LogP contribution in [0.3, 0.4) is 0 Å². The molecule has 2 aliphatic rings. The van der Waals surface area contributed by atoms with Gasteiger partial charge in [-0.3, -0.25) is 0 Å². The van der Waals surface area contributed by atoms with Crippen molar-refractivity contribution in [1.29, 1.82) is 0 Å². The molecule has 1 aliphatic heterocycles. The van der Waals surface area contributed by atoms with Gasteiger partial charge >= 0.3 is 0 Å². The molecular weight excluding hydrogens is 376 g/mol. The lowest BCUT2D eigenvalue weighted by Crippen LogP contribution is -2.45. The Bertz CT molecular complexity index is 853. The minimum atomic E-state index is 0.520. The molecule has 162 valence electrons. The summed E-state index contributed by atoms with van der Waals surface area (Å²) in [5.41, 5.74) is 1.37. The normalized spacial score (nSPS) is 20.6. The van der Waals surface area contributed by atoms with Crippen LogP contribution in [0, 0.1) is 6.92 Å². The average Bonchev–Trinajstić information content (AvgIpc) is 3.40. The summed E-state index contributed by atoms with van der Waals surface area (Å²) in [4.78, 5) is 7.41. The molecule has 1 aliphatic carbocycles. The van der Waals surface area contributed by atoms with E-state index in [0.29, 0.717) is 18.5 Å². The molecule has 2 fully saturated rings. The monoisotopic (exact) mass is 410 g/mol. The second-order valence-corrected chi connectivity index (χ2v) is 8.55. The van der Waals surface area contributed by atoms with E-state index in [-0.39, 0.29) is 0 Å². The van der Waals surface area contributed by atoms with Gasteiger partial charge in [0.1, 0.15) is 18.1 Å². The van der Waals surface area contributed by atoms with E-state index in [2.05, 4.69) is 44.7 Å². The standard InChI is InChI=1S/C23H34N6O/c1-17-26-27-22(28(17)2)15-24-23(25-20-7-5-4-6-8-20)29-14-13-19(16-29)18-9-11-21(30-3)12-10-18/h9-12,19-20H,4-8,13-16H2,1-3H3,(H,24,25). The highest BCUT2D eigenvalue weighted by molar-refractivity contribution is 5.80. The minimum Gasteiger partial charge on any atom is -0.497 e. The van der Waals surface area contributed by atoms with Crippen LogP contribution >= 0.6 is 0 Å². The molecule has 1 atom stereocenters. The van der Waals surface area contributed by atoms with E-state index in [4.69, 9.17) is 9.73 Å². The van der Waals surface area contributed by atoms with Gasteiger partial charge in [0.05, 0.1) is 7.11 Å². The van der Waals surface area contributed by atoms with Crippen molar-refractivity contribution in [2.75, 3.05) is 20.2 Å². The Hall–Kier alpha value is -2.57. The zero-order valence-electron chi connectivity index (χ0n) is 18.5. The maximum Gasteiger partial charge on any atom is 0.194 e. The Morgan fingerprint density at radius 2 is 1.90 bits per heavy atom. The molecule has 1 aromatic heterocycles. The molecule has 30 heavy (non-hydrogen) atoms. The van der Waals surface area contributed by atoms with Crippen LogP contribution in [0.5, 0.6) is 5.75 Å². The van der Waals surface area contributed by atoms with Crippen LogP contribution in [-0.2, 0) is 13.6 Å². The molecule has 4 rings (SSSR count). The number of hydrogen-bond acceptors (Lipinski definition) is 4. The van der Waals surface area contributed by atoms with Gasteiger partial charge in [-0.05, 0) is 43.9 Å². The summed E-state index contributed by atoms with van der Waals surface area (Å²) in [6.07, 6.45) is 7.58. The molecular formula is C23H34N6O. The third kappa shape index (κ3) is 4.77. The van der Waals surface area contributed by atoms with Crippen LogP contribution < -0.4 is 10.1 Å². The van der Waals surface area contributed by atoms with Gasteiger partial charge < -0.3 is 19.5 Å². The van der Waals surface area contributed by atoms with E-state index < -0.39 is 0 Å². The zero-order valence-corrected chi connectivity index (χ0v) is 18.5. The number of ether oxygens (including phenoxy) is 1. The lowest BCUT2D eigenvalue weighted by atomic mass is 9.96. The summed E-state index contributed by atoms with van der Waals surface area (Å²) < 4.78 is 7.33. The Labute approximate surface area is 179 Å². The first-order chi connectivity index (χ1) is 14.6. The van der Waals surface area contributed by atoms with E-state index in [0.717, 1.165) is 42.9 Å². The van der Waals surface area contributed by atoms with Gasteiger partial charge in [0.25, 0.3) is 0 Å². The maximum absolute atomic E-state index is 5.31. The summed E-state index contributed by atoms with van der Waals surface area (Å²) in [6.45, 7) is 4.53. The van der Waals surface area contributed by atoms with Gasteiger partial charge in [0, 0.05) is 32.1 Å². The van der Waals surface area contributed by atoms with E-state index in [1.807, 2.05) is 18.5 Å². The minimum absolute atomic E-state index is 0.520. The van der Waals surface area contributed by atoms with Gasteiger partial charge in [0.2, 0.25) is 0 Å². The number of aromatic nitrogens is 3. The summed E-state index contributed by atoms with van der Waals surface area (Å²) >= 11 is 0. The molecule has 1 aromatic carbocycles. The number of guanidine groups is 1. The van der Waals surface area contributed by atoms with Gasteiger partial charge in [-0.15, -0.1) is 10.2 Å². The second-order valence-electron chi connectivity index (χ2n) is 8.55. The summed E-state index contributed by atoms with van der Waals surface area (Å²) in [7, 11) is 3.72. The third-order valence-electron chi connectivity index (χ3n) is 6.57. The number of likely N-dealkylation sites (tertiary alicyclic amines) is 1. The fourth-order valence-corrected chi connectivity index (χ4v) is 4.50. The average molecular weight is 411 g/mol. The van der Waals surface area contributed by atoms with Crippen molar-refractivity contribution in [3.05, 3.63) is 41.5 Å². The predicted molar refractivity (Wildman–Crippen MR) is 119 cm³/mol. The van der Waals surface area contributed by atoms with Crippen molar-refractivity contribution < 1.29 is 4.74 Å². The first-order valence-electron chi connectivity index (χ1n) is 11.2. The van der Waals surface area contributed by atoms with Crippen LogP contribution in [-0.4, -0.2) is 51.9 Å². The molecule has 2 aromatic rings. The molecule has 1 N–H and O–H groups in total. The Morgan fingerprint density at radius 3 is 2.57 bits per heavy atom. The Balaban J connectivity index is 1.48. The molecule has 1 unspecified atom stereocenters. The van der Waals surface area contributed by atoms with Gasteiger partial charge in [0.15, 0.2) is 11.8 Å². The van der Waals surface area contributed by atoms with Crippen LogP contribution in [0.1, 0.15) is 61.7 Å². The van der Waals surface area contributed by atoms with Gasteiger partial charge in [-0.2, -0.15) is 0 Å². The van der Waals surface area contributed by atoms with Crippen molar-refractivity contribution >= 4 is 5.96 Å². The first kappa shape index (κ1) is 20.7. The summed E-state index contributed by atoms with van der Waals surface area (Å²) in [6, 6.07) is 9.04. The number of hydrogen-bond donors (Lipinski definition) is 1. The van der Waals surface area contributed by atoms with Crippen LogP contribution in [0.2, 0.25) is 0 Å². The van der Waals surface area contributed by atoms with Crippen molar-refractivity contribution in [2.24, 2.45) is 12.0 Å². The smallest absolute Gasteiger partial charge is 0.194 e. The first-order valence-corrected chi connectivity index (χ1v) is 11.2. The van der Waals surface area contributed by atoms with E-state index in [1.165, 1.54) is 37.7 Å². The van der Waals surface area contributed by atoms with E-state index in [1.54, 1.807) is 7.11 Å². The second kappa shape index (κ2) is 9.49. The quantitative estimate of drug-likeness (QED) is 0.604. The molecule has 1 saturated heterocycles. The number of aliphatic imine (C=N–C) groups is 1. The van der Waals surface area contributed by atoms with E-state index >= 15 is 0 Å². The number of benzene rings is 1. The molecule has 7 nitrogen and oxygen atoms in total. The van der Waals surface area contributed by atoms with Gasteiger partial charge in [-0.1, -0.05) is 31.4 Å². The fourth-order valence-electron chi connectivity index (χ4n) is 4.50. The zero-order chi connectivity index (χ0) is 20.9. The Morgan fingerprint density at radius 1 is 1.13 bits per heavy atom. The topological polar surface area (TPSA) is 67.6 Å². The van der Waals surface area contributed by atoms with Crippen LogP contribution in [0.15, 0.2) is 29.3 Å². The van der Waals surface area contributed by atoms with Crippen molar-refractivity contribution in [3.63, 3.8) is 0 Å². The number of rotatable bonds is 5. The highest BCUT2D eigenvalue weighted by Gasteiger charge is 2.28. The molecule has 1 saturated carbocycles. The molecule has 0 amide bonds. The van der Waals surface area contributed by atoms with E-state index in [9.17, 15) is 0 Å². The molecule has 7 heteroatoms. The predicted octanol–water partition coefficient (Wildman–Crippen LogP) is 3.40. The number of methoxy groups -OCH3 is 1. The van der Waals surface area contributed by atoms with Crippen molar-refractivity contribution in [3.8, 4) is 5.75 Å². The fraction of sp³-hybridized carbons (Fsp3) is 0.609. The highest BCUT2D eigenvalue weighted by atomic mass is 16.5. The third-order valence-corrected chi connectivity index (χ3v) is 6.57. The molecule has 0 bridgehead atoms. The highest BCUT2D eigenvalue weighted by Crippen LogP contribution is 2.29.